The number of anilines is 1. The van der Waals surface area contributed by atoms with Crippen LogP contribution in [0.2, 0.25) is 0 Å². The zero-order valence-electron chi connectivity index (χ0n) is 16.0. The average molecular weight is 400 g/mol. The van der Waals surface area contributed by atoms with E-state index < -0.39 is 17.7 Å². The quantitative estimate of drug-likeness (QED) is 0.601. The molecule has 154 valence electrons. The molecule has 2 aromatic rings. The third kappa shape index (κ3) is 5.09. The molecule has 0 aliphatic carbocycles. The van der Waals surface area contributed by atoms with Gasteiger partial charge in [-0.2, -0.15) is 5.10 Å². The molecule has 0 atom stereocenters. The number of carbonyl (C=O) groups excluding carboxylic acids is 3. The molecule has 4 N–H and O–H groups in total. The number of nitrogens with one attached hydrogen (secondary N) is 2. The number of fused-ring (bicyclic) bond motifs is 1. The van der Waals surface area contributed by atoms with Gasteiger partial charge in [0.15, 0.2) is 0 Å². The maximum Gasteiger partial charge on any atom is 0.346 e. The number of carbonyl (C=O) groups is 3. The number of rotatable bonds is 7. The number of aromatic nitrogens is 3. The van der Waals surface area contributed by atoms with Crippen LogP contribution in [0.15, 0.2) is 29.1 Å². The Morgan fingerprint density at radius 2 is 1.93 bits per heavy atom. The van der Waals surface area contributed by atoms with E-state index in [9.17, 15) is 19.2 Å². The number of aryl methyl sites for hydroxylation is 1. The van der Waals surface area contributed by atoms with Crippen molar-refractivity contribution in [2.45, 2.75) is 45.2 Å². The van der Waals surface area contributed by atoms with E-state index in [1.807, 2.05) is 0 Å². The summed E-state index contributed by atoms with van der Waals surface area (Å²) in [4.78, 5) is 48.1. The van der Waals surface area contributed by atoms with Gasteiger partial charge in [-0.05, 0) is 25.0 Å². The summed E-state index contributed by atoms with van der Waals surface area (Å²) in [6.45, 7) is 0.479. The predicted molar refractivity (Wildman–Crippen MR) is 105 cm³/mol. The van der Waals surface area contributed by atoms with Crippen molar-refractivity contribution >= 4 is 23.4 Å². The Bertz CT molecular complexity index is 977. The van der Waals surface area contributed by atoms with Gasteiger partial charge in [0.05, 0.1) is 11.3 Å². The molecule has 1 aromatic carbocycles. The van der Waals surface area contributed by atoms with E-state index in [0.717, 1.165) is 30.4 Å². The van der Waals surface area contributed by atoms with Crippen molar-refractivity contribution in [2.24, 2.45) is 5.73 Å². The minimum Gasteiger partial charge on any atom is -0.370 e. The summed E-state index contributed by atoms with van der Waals surface area (Å²) in [6, 6.07) is 6.49. The van der Waals surface area contributed by atoms with E-state index in [0.29, 0.717) is 18.1 Å². The Balaban J connectivity index is 1.68. The van der Waals surface area contributed by atoms with Gasteiger partial charge < -0.3 is 16.4 Å². The molecule has 1 aromatic heterocycles. The van der Waals surface area contributed by atoms with Crippen LogP contribution in [0.4, 0.5) is 5.69 Å². The number of primary amides is 1. The van der Waals surface area contributed by atoms with Crippen LogP contribution in [0.5, 0.6) is 0 Å². The topological polar surface area (TPSA) is 141 Å². The standard InChI is InChI=1S/C19H24N6O4/c20-15(26)9-10-21-18(28)13-6-3-4-7-14(13)22-17(27)12-25-19(29)24-11-5-1-2-8-16(24)23-25/h3-4,6-7H,1-2,5,8-12H2,(H2,20,26)(H,21,28)(H,22,27). The molecular weight excluding hydrogens is 376 g/mol. The largest absolute Gasteiger partial charge is 0.370 e. The molecule has 0 radical (unpaired) electrons. The molecule has 29 heavy (non-hydrogen) atoms. The Morgan fingerprint density at radius 3 is 2.72 bits per heavy atom. The van der Waals surface area contributed by atoms with Crippen LogP contribution >= 0.6 is 0 Å². The maximum absolute atomic E-state index is 12.5. The first-order valence-corrected chi connectivity index (χ1v) is 9.57. The van der Waals surface area contributed by atoms with Gasteiger partial charge in [0.25, 0.3) is 5.91 Å². The molecule has 1 aliphatic rings. The molecule has 0 unspecified atom stereocenters. The normalized spacial score (nSPS) is 13.2. The second-order valence-electron chi connectivity index (χ2n) is 6.88. The molecular formula is C19H24N6O4. The van der Waals surface area contributed by atoms with Crippen LogP contribution < -0.4 is 22.1 Å². The Labute approximate surface area is 167 Å². The van der Waals surface area contributed by atoms with E-state index in [2.05, 4.69) is 15.7 Å². The minimum absolute atomic E-state index is 0.0220. The summed E-state index contributed by atoms with van der Waals surface area (Å²) < 4.78 is 2.78. The van der Waals surface area contributed by atoms with Crippen molar-refractivity contribution in [1.82, 2.24) is 19.7 Å². The smallest absolute Gasteiger partial charge is 0.346 e. The van der Waals surface area contributed by atoms with Crippen molar-refractivity contribution in [1.29, 1.82) is 0 Å². The lowest BCUT2D eigenvalue weighted by Crippen LogP contribution is -2.31. The minimum atomic E-state index is -0.518. The first-order valence-electron chi connectivity index (χ1n) is 9.57. The number of nitrogens with two attached hydrogens (primary N) is 1. The van der Waals surface area contributed by atoms with Crippen LogP contribution in [0.1, 0.15) is 41.9 Å². The first-order chi connectivity index (χ1) is 14.0. The molecule has 0 fully saturated rings. The highest BCUT2D eigenvalue weighted by molar-refractivity contribution is 6.03. The van der Waals surface area contributed by atoms with E-state index >= 15 is 0 Å². The molecule has 0 bridgehead atoms. The highest BCUT2D eigenvalue weighted by Gasteiger charge is 2.18. The molecule has 0 saturated carbocycles. The summed E-state index contributed by atoms with van der Waals surface area (Å²) in [5.74, 6) is -0.712. The van der Waals surface area contributed by atoms with Gasteiger partial charge in [-0.15, -0.1) is 0 Å². The lowest BCUT2D eigenvalue weighted by molar-refractivity contribution is -0.118. The fourth-order valence-corrected chi connectivity index (χ4v) is 3.24. The average Bonchev–Trinajstić information content (AvgIpc) is 2.84. The van der Waals surface area contributed by atoms with Gasteiger partial charge in [-0.1, -0.05) is 18.6 Å². The van der Waals surface area contributed by atoms with Crippen molar-refractivity contribution in [3.8, 4) is 0 Å². The maximum atomic E-state index is 12.5. The summed E-state index contributed by atoms with van der Waals surface area (Å²) in [6.07, 6.45) is 3.69. The zero-order valence-corrected chi connectivity index (χ0v) is 16.0. The number of para-hydroxylation sites is 1. The number of nitrogens with zero attached hydrogens (tertiary/aromatic N) is 3. The van der Waals surface area contributed by atoms with Crippen LogP contribution in [0, 0.1) is 0 Å². The lowest BCUT2D eigenvalue weighted by Gasteiger charge is -2.11. The summed E-state index contributed by atoms with van der Waals surface area (Å²) in [5.41, 5.74) is 5.32. The third-order valence-electron chi connectivity index (χ3n) is 4.68. The predicted octanol–water partition coefficient (Wildman–Crippen LogP) is 0.0151. The molecule has 10 heteroatoms. The Morgan fingerprint density at radius 1 is 1.14 bits per heavy atom. The number of hydrogen-bond donors (Lipinski definition) is 3. The van der Waals surface area contributed by atoms with Crippen LogP contribution in [-0.2, 0) is 29.1 Å². The monoisotopic (exact) mass is 400 g/mol. The summed E-state index contributed by atoms with van der Waals surface area (Å²) >= 11 is 0. The van der Waals surface area contributed by atoms with Crippen molar-refractivity contribution < 1.29 is 14.4 Å². The SMILES string of the molecule is NC(=O)CCNC(=O)c1ccccc1NC(=O)Cn1nc2n(c1=O)CCCCC2. The molecule has 1 aliphatic heterocycles. The van der Waals surface area contributed by atoms with Gasteiger partial charge in [-0.25, -0.2) is 9.48 Å². The Hall–Kier alpha value is -3.43. The fraction of sp³-hybridized carbons (Fsp3) is 0.421. The lowest BCUT2D eigenvalue weighted by atomic mass is 10.1. The van der Waals surface area contributed by atoms with Crippen LogP contribution in [0.25, 0.3) is 0 Å². The van der Waals surface area contributed by atoms with Gasteiger partial charge in [-0.3, -0.25) is 19.0 Å². The molecule has 3 amide bonds. The molecule has 0 saturated heterocycles. The number of amides is 3. The second kappa shape index (κ2) is 9.18. The van der Waals surface area contributed by atoms with E-state index in [-0.39, 0.29) is 30.8 Å². The van der Waals surface area contributed by atoms with Crippen LogP contribution in [-0.4, -0.2) is 38.6 Å². The molecule has 10 nitrogen and oxygen atoms in total. The highest BCUT2D eigenvalue weighted by Crippen LogP contribution is 2.15. The van der Waals surface area contributed by atoms with Crippen molar-refractivity contribution in [2.75, 3.05) is 11.9 Å². The van der Waals surface area contributed by atoms with Crippen LogP contribution in [0.3, 0.4) is 0 Å². The van der Waals surface area contributed by atoms with Gasteiger partial charge in [0.1, 0.15) is 12.4 Å². The number of benzene rings is 1. The van der Waals surface area contributed by atoms with E-state index in [1.54, 1.807) is 28.8 Å². The molecule has 2 heterocycles. The van der Waals surface area contributed by atoms with Crippen molar-refractivity contribution in [3.05, 3.63) is 46.1 Å². The molecule has 3 rings (SSSR count). The van der Waals surface area contributed by atoms with E-state index in [4.69, 9.17) is 5.73 Å². The Kier molecular flexibility index (Phi) is 6.43. The van der Waals surface area contributed by atoms with Gasteiger partial charge in [0, 0.05) is 25.9 Å². The molecule has 0 spiro atoms. The number of hydrogen-bond acceptors (Lipinski definition) is 5. The third-order valence-corrected chi connectivity index (χ3v) is 4.68. The van der Waals surface area contributed by atoms with E-state index in [1.165, 1.54) is 0 Å². The zero-order chi connectivity index (χ0) is 20.8. The highest BCUT2D eigenvalue weighted by atomic mass is 16.2. The van der Waals surface area contributed by atoms with Crippen molar-refractivity contribution in [3.63, 3.8) is 0 Å². The van der Waals surface area contributed by atoms with Gasteiger partial charge >= 0.3 is 5.69 Å². The van der Waals surface area contributed by atoms with Gasteiger partial charge in [0.2, 0.25) is 11.8 Å². The first kappa shape index (κ1) is 20.3. The second-order valence-corrected chi connectivity index (χ2v) is 6.88. The fourth-order valence-electron chi connectivity index (χ4n) is 3.24. The summed E-state index contributed by atoms with van der Waals surface area (Å²) in [5, 5.41) is 9.53. The summed E-state index contributed by atoms with van der Waals surface area (Å²) in [7, 11) is 0.